The number of fused-ring (bicyclic) bond motifs is 2. The third kappa shape index (κ3) is 3.02. The molecule has 0 radical (unpaired) electrons. The highest BCUT2D eigenvalue weighted by atomic mass is 16.5. The first kappa shape index (κ1) is 19.2. The third-order valence-electron chi connectivity index (χ3n) is 6.14. The summed E-state index contributed by atoms with van der Waals surface area (Å²) in [5.74, 6) is 1.31. The molecular formula is C22H23N7O3. The van der Waals surface area contributed by atoms with E-state index >= 15 is 0 Å². The van der Waals surface area contributed by atoms with Crippen molar-refractivity contribution < 1.29 is 14.6 Å². The molecule has 0 aromatic carbocycles. The van der Waals surface area contributed by atoms with Crippen molar-refractivity contribution in [2.75, 3.05) is 25.6 Å². The lowest BCUT2D eigenvalue weighted by atomic mass is 10.1. The van der Waals surface area contributed by atoms with Crippen LogP contribution in [-0.2, 0) is 4.74 Å². The van der Waals surface area contributed by atoms with Crippen molar-refractivity contribution in [1.29, 1.82) is 0 Å². The molecule has 164 valence electrons. The fraction of sp³-hybridized carbons (Fsp3) is 0.364. The van der Waals surface area contributed by atoms with Gasteiger partial charge in [-0.25, -0.2) is 9.97 Å². The largest absolute Gasteiger partial charge is 0.388 e. The average Bonchev–Trinajstić information content (AvgIpc) is 3.17. The summed E-state index contributed by atoms with van der Waals surface area (Å²) in [6.45, 7) is 0.759. The average molecular weight is 433 g/mol. The maximum Gasteiger partial charge on any atom is 0.256 e. The number of carbonyl (C=O) groups excluding carboxylic acids is 1. The number of nitrogens with one attached hydrogen (secondary N) is 2. The molecule has 1 amide bonds. The Morgan fingerprint density at radius 2 is 2.12 bits per heavy atom. The summed E-state index contributed by atoms with van der Waals surface area (Å²) in [5.41, 5.74) is 3.37. The lowest BCUT2D eigenvalue weighted by Gasteiger charge is -2.20. The van der Waals surface area contributed by atoms with Crippen LogP contribution in [0.1, 0.15) is 29.2 Å². The Balaban J connectivity index is 1.45. The third-order valence-corrected chi connectivity index (χ3v) is 6.14. The minimum atomic E-state index is -0.574. The molecule has 0 spiro atoms. The molecule has 2 aromatic rings. The van der Waals surface area contributed by atoms with Crippen molar-refractivity contribution in [1.82, 2.24) is 29.5 Å². The monoisotopic (exact) mass is 433 g/mol. The second-order valence-corrected chi connectivity index (χ2v) is 8.31. The van der Waals surface area contributed by atoms with Crippen LogP contribution >= 0.6 is 0 Å². The fourth-order valence-corrected chi connectivity index (χ4v) is 4.26. The molecule has 2 atom stereocenters. The van der Waals surface area contributed by atoms with Crippen LogP contribution in [0, 0.1) is 0 Å². The Morgan fingerprint density at radius 1 is 1.25 bits per heavy atom. The van der Waals surface area contributed by atoms with Crippen molar-refractivity contribution in [3.8, 4) is 22.6 Å². The molecule has 3 N–H and O–H groups in total. The maximum absolute atomic E-state index is 12.7. The lowest BCUT2D eigenvalue weighted by Crippen LogP contribution is -2.25. The first-order chi connectivity index (χ1) is 15.6. The highest BCUT2D eigenvalue weighted by Gasteiger charge is 2.31. The number of hydrogen-bond acceptors (Lipinski definition) is 7. The molecule has 5 heterocycles. The topological polar surface area (TPSA) is 119 Å². The molecule has 1 saturated heterocycles. The highest BCUT2D eigenvalue weighted by Crippen LogP contribution is 2.36. The SMILES string of the molecule is CNc1cc(-c2cnc3n([C@H]4COC[C@@H]4O)cccc2-3)nc2c(C(=O)NC3CC3)cnn12. The first-order valence-corrected chi connectivity index (χ1v) is 10.7. The maximum atomic E-state index is 12.7. The van der Waals surface area contributed by atoms with Crippen LogP contribution in [0.5, 0.6) is 0 Å². The summed E-state index contributed by atoms with van der Waals surface area (Å²) in [7, 11) is 1.81. The van der Waals surface area contributed by atoms with E-state index in [0.717, 1.165) is 29.8 Å². The van der Waals surface area contributed by atoms with Crippen LogP contribution < -0.4 is 10.6 Å². The van der Waals surface area contributed by atoms with E-state index in [-0.39, 0.29) is 18.0 Å². The van der Waals surface area contributed by atoms with Gasteiger partial charge in [0.25, 0.3) is 5.91 Å². The van der Waals surface area contributed by atoms with Crippen LogP contribution in [0.15, 0.2) is 36.8 Å². The number of aliphatic hydroxyl groups is 1. The minimum Gasteiger partial charge on any atom is -0.388 e. The van der Waals surface area contributed by atoms with Crippen LogP contribution in [0.25, 0.3) is 28.3 Å². The molecule has 0 bridgehead atoms. The number of nitrogens with zero attached hydrogens (tertiary/aromatic N) is 5. The van der Waals surface area contributed by atoms with Gasteiger partial charge in [-0.3, -0.25) is 4.79 Å². The van der Waals surface area contributed by atoms with Crippen molar-refractivity contribution in [3.05, 3.63) is 42.4 Å². The lowest BCUT2D eigenvalue weighted by molar-refractivity contribution is 0.0952. The smallest absolute Gasteiger partial charge is 0.256 e. The number of aromatic nitrogens is 5. The molecule has 2 fully saturated rings. The zero-order valence-corrected chi connectivity index (χ0v) is 17.5. The van der Waals surface area contributed by atoms with Gasteiger partial charge < -0.3 is 25.0 Å². The number of anilines is 1. The van der Waals surface area contributed by atoms with Crippen molar-refractivity contribution in [2.24, 2.45) is 0 Å². The number of amides is 1. The van der Waals surface area contributed by atoms with Gasteiger partial charge >= 0.3 is 0 Å². The first-order valence-electron chi connectivity index (χ1n) is 10.7. The Labute approximate surface area is 183 Å². The molecule has 2 aromatic heterocycles. The normalized spacial score (nSPS) is 20.8. The van der Waals surface area contributed by atoms with E-state index in [2.05, 4.69) is 20.7 Å². The van der Waals surface area contributed by atoms with Crippen LogP contribution in [0.4, 0.5) is 5.82 Å². The molecular weight excluding hydrogens is 410 g/mol. The Bertz CT molecular complexity index is 1290. The molecule has 32 heavy (non-hydrogen) atoms. The van der Waals surface area contributed by atoms with Gasteiger partial charge in [0, 0.05) is 42.7 Å². The summed E-state index contributed by atoms with van der Waals surface area (Å²) >= 11 is 0. The molecule has 10 nitrogen and oxygen atoms in total. The summed E-state index contributed by atoms with van der Waals surface area (Å²) < 4.78 is 9.03. The quantitative estimate of drug-likeness (QED) is 0.437. The number of pyridine rings is 1. The van der Waals surface area contributed by atoms with Gasteiger partial charge in [-0.15, -0.1) is 0 Å². The second kappa shape index (κ2) is 7.28. The number of aliphatic hydroxyl groups excluding tert-OH is 1. The van der Waals surface area contributed by atoms with Gasteiger partial charge in [0.1, 0.15) is 23.3 Å². The van der Waals surface area contributed by atoms with Gasteiger partial charge in [0.05, 0.1) is 31.1 Å². The number of carbonyl (C=O) groups is 1. The Morgan fingerprint density at radius 3 is 2.88 bits per heavy atom. The van der Waals surface area contributed by atoms with E-state index in [4.69, 9.17) is 9.72 Å². The van der Waals surface area contributed by atoms with Gasteiger partial charge in [0.15, 0.2) is 5.65 Å². The molecule has 0 unspecified atom stereocenters. The van der Waals surface area contributed by atoms with Gasteiger partial charge in [-0.1, -0.05) is 0 Å². The van der Waals surface area contributed by atoms with E-state index < -0.39 is 6.10 Å². The van der Waals surface area contributed by atoms with E-state index in [9.17, 15) is 9.90 Å². The van der Waals surface area contributed by atoms with Crippen molar-refractivity contribution in [3.63, 3.8) is 0 Å². The van der Waals surface area contributed by atoms with Crippen LogP contribution in [0.2, 0.25) is 0 Å². The number of hydrogen-bond donors (Lipinski definition) is 3. The molecule has 1 aliphatic carbocycles. The highest BCUT2D eigenvalue weighted by molar-refractivity contribution is 6.00. The predicted octanol–water partition coefficient (Wildman–Crippen LogP) is 1.56. The Kier molecular flexibility index (Phi) is 4.37. The van der Waals surface area contributed by atoms with E-state index in [0.29, 0.717) is 35.9 Å². The molecule has 3 aliphatic heterocycles. The van der Waals surface area contributed by atoms with E-state index in [1.807, 2.05) is 29.0 Å². The van der Waals surface area contributed by atoms with Crippen LogP contribution in [0.3, 0.4) is 0 Å². The summed E-state index contributed by atoms with van der Waals surface area (Å²) in [5, 5.41) is 20.8. The van der Waals surface area contributed by atoms with Gasteiger partial charge in [-0.2, -0.15) is 9.61 Å². The standard InChI is InChI=1S/C22H23N7O3/c1-23-19-7-16(27-21-15(9-25-29(19)21)22(31)26-12-4-5-12)14-8-24-20-13(14)3-2-6-28(20)17-10-32-11-18(17)30/h2-3,6-9,12,17-18,23,30H,4-5,10-11H2,1H3,(H,26,31)/t17-,18-/m0/s1. The molecule has 4 aliphatic rings. The van der Waals surface area contributed by atoms with Gasteiger partial charge in [-0.05, 0) is 25.0 Å². The molecule has 6 rings (SSSR count). The predicted molar refractivity (Wildman–Crippen MR) is 117 cm³/mol. The van der Waals surface area contributed by atoms with Crippen LogP contribution in [-0.4, -0.2) is 67.6 Å². The van der Waals surface area contributed by atoms with Crippen molar-refractivity contribution in [2.45, 2.75) is 31.0 Å². The zero-order valence-electron chi connectivity index (χ0n) is 17.5. The summed E-state index contributed by atoms with van der Waals surface area (Å²) in [6, 6.07) is 5.88. The van der Waals surface area contributed by atoms with Gasteiger partial charge in [0.2, 0.25) is 0 Å². The van der Waals surface area contributed by atoms with Crippen molar-refractivity contribution >= 4 is 17.4 Å². The van der Waals surface area contributed by atoms with E-state index in [1.165, 1.54) is 0 Å². The Hall–Kier alpha value is -3.50. The second-order valence-electron chi connectivity index (χ2n) is 8.31. The summed E-state index contributed by atoms with van der Waals surface area (Å²) in [4.78, 5) is 22.2. The fourth-order valence-electron chi connectivity index (χ4n) is 4.26. The summed E-state index contributed by atoms with van der Waals surface area (Å²) in [6.07, 6.45) is 6.70. The van der Waals surface area contributed by atoms with E-state index in [1.54, 1.807) is 24.0 Å². The number of ether oxygens (including phenoxy) is 1. The minimum absolute atomic E-state index is 0.159. The zero-order chi connectivity index (χ0) is 21.8. The number of rotatable bonds is 5. The molecule has 1 saturated carbocycles. The molecule has 10 heteroatoms.